The number of carbonyl (C=O) groups is 2. The van der Waals surface area contributed by atoms with Crippen LogP contribution in [0, 0.1) is 23.7 Å². The Morgan fingerprint density at radius 3 is 2.06 bits per heavy atom. The van der Waals surface area contributed by atoms with Gasteiger partial charge in [-0.3, -0.25) is 4.79 Å². The molecule has 4 rings (SSSR count). The maximum Gasteiger partial charge on any atom is 0.335 e. The van der Waals surface area contributed by atoms with Gasteiger partial charge in [0.15, 0.2) is 25.0 Å². The van der Waals surface area contributed by atoms with Gasteiger partial charge in [-0.1, -0.05) is 32.9 Å². The Morgan fingerprint density at radius 1 is 0.814 bits per heavy atom. The van der Waals surface area contributed by atoms with Crippen LogP contribution < -0.4 is 0 Å². The molecule has 23 atom stereocenters. The van der Waals surface area contributed by atoms with Gasteiger partial charge in [0, 0.05) is 44.4 Å². The molecule has 0 amide bonds. The molecule has 8 N–H and O–H groups in total. The second-order valence-corrected chi connectivity index (χ2v) is 20.6. The highest BCUT2D eigenvalue weighted by atomic mass is 16.8. The lowest BCUT2D eigenvalue weighted by atomic mass is 9.73. The van der Waals surface area contributed by atoms with Gasteiger partial charge in [-0.25, -0.2) is 4.79 Å². The Kier molecular flexibility index (Phi) is 21.8. The van der Waals surface area contributed by atoms with Crippen LogP contribution in [0.1, 0.15) is 94.9 Å². The van der Waals surface area contributed by atoms with Crippen molar-refractivity contribution >= 4 is 17.7 Å². The Bertz CT molecular complexity index is 1690. The van der Waals surface area contributed by atoms with Crippen LogP contribution in [-0.2, 0) is 61.8 Å². The van der Waals surface area contributed by atoms with Crippen molar-refractivity contribution in [3.63, 3.8) is 0 Å². The predicted molar refractivity (Wildman–Crippen MR) is 246 cm³/mol. The molecule has 4 saturated heterocycles. The molecule has 70 heavy (non-hydrogen) atoms. The van der Waals surface area contributed by atoms with Crippen molar-refractivity contribution in [3.05, 3.63) is 0 Å². The standard InChI is InChI=1S/C47H84N2O21/c1-15-29-47(10,59)38(53)24(4)31(48-63-21-62-17-16-60-13)22(2)19-45(8,58)40(25(5)35(26(6)42(57)66-29)67-30-20-46(9,61-14)39(54)27(7)65-30)70-44-36(28(49(11)12)18-23(3)64-44)68-43-34(52)32(50)33(51)37(69-43)41(55)56/h22-30,32-40,43-44,50-54,58-59H,15-21H2,1-14H3,(H,55,56)/b48-31+/t22-,23-,24+,25+,26-,27+,28+,29-,30+,32?,33?,34?,35+,36-,37?,38-,39+,40-,43?,44+,45-,46-,47-/m1/s1. The number of rotatable bonds is 16. The normalized spacial score (nSPS) is 46.6. The minimum absolute atomic E-state index is 0.00436. The van der Waals surface area contributed by atoms with Crippen molar-refractivity contribution in [3.8, 4) is 0 Å². The fourth-order valence-corrected chi connectivity index (χ4v) is 10.4. The summed E-state index contributed by atoms with van der Waals surface area (Å²) in [6.45, 7) is 16.4. The third-order valence-electron chi connectivity index (χ3n) is 14.7. The Labute approximate surface area is 411 Å². The first kappa shape index (κ1) is 60.3. The number of oxime groups is 1. The molecule has 0 bridgehead atoms. The number of hydrogen-bond acceptors (Lipinski definition) is 22. The van der Waals surface area contributed by atoms with Gasteiger partial charge in [0.05, 0.1) is 66.6 Å². The highest BCUT2D eigenvalue weighted by Crippen LogP contribution is 2.42. The summed E-state index contributed by atoms with van der Waals surface area (Å²) in [4.78, 5) is 34.1. The molecule has 408 valence electrons. The molecule has 0 radical (unpaired) electrons. The average molecular weight is 1010 g/mol. The molecule has 0 aromatic heterocycles. The van der Waals surface area contributed by atoms with Crippen molar-refractivity contribution in [1.29, 1.82) is 0 Å². The molecule has 0 aromatic rings. The molecule has 0 spiro atoms. The topological polar surface area (TPSA) is 313 Å². The Hall–Kier alpha value is -2.27. The van der Waals surface area contributed by atoms with E-state index in [9.17, 15) is 50.4 Å². The number of aliphatic hydroxyl groups is 7. The molecular weight excluding hydrogens is 929 g/mol. The molecule has 0 saturated carbocycles. The third-order valence-corrected chi connectivity index (χ3v) is 14.7. The van der Waals surface area contributed by atoms with E-state index in [0.717, 1.165) is 0 Å². The van der Waals surface area contributed by atoms with Crippen LogP contribution in [0.25, 0.3) is 0 Å². The summed E-state index contributed by atoms with van der Waals surface area (Å²) in [5.41, 5.74) is -4.99. The monoisotopic (exact) mass is 1010 g/mol. The highest BCUT2D eigenvalue weighted by molar-refractivity contribution is 5.88. The molecule has 4 aliphatic heterocycles. The first-order valence-corrected chi connectivity index (χ1v) is 24.3. The van der Waals surface area contributed by atoms with E-state index < -0.39 is 151 Å². The first-order chi connectivity index (χ1) is 32.6. The van der Waals surface area contributed by atoms with Crippen LogP contribution in [0.2, 0.25) is 0 Å². The maximum atomic E-state index is 14.6. The molecule has 0 aromatic carbocycles. The fraction of sp³-hybridized carbons (Fsp3) is 0.936. The Balaban J connectivity index is 1.93. The number of esters is 1. The number of carboxylic acid groups (broad SMARTS) is 1. The largest absolute Gasteiger partial charge is 0.479 e. The molecule has 23 heteroatoms. The number of aliphatic carboxylic acids is 1. The molecule has 4 fully saturated rings. The van der Waals surface area contributed by atoms with Crippen molar-refractivity contribution in [2.45, 2.75) is 210 Å². The molecule has 0 aliphatic carbocycles. The van der Waals surface area contributed by atoms with Gasteiger partial charge in [-0.2, -0.15) is 0 Å². The van der Waals surface area contributed by atoms with E-state index in [2.05, 4.69) is 5.16 Å². The van der Waals surface area contributed by atoms with Crippen molar-refractivity contribution in [2.24, 2.45) is 28.8 Å². The van der Waals surface area contributed by atoms with E-state index in [1.54, 1.807) is 74.4 Å². The van der Waals surface area contributed by atoms with Crippen LogP contribution >= 0.6 is 0 Å². The zero-order valence-electron chi connectivity index (χ0n) is 43.3. The third kappa shape index (κ3) is 13.9. The Morgan fingerprint density at radius 2 is 1.47 bits per heavy atom. The number of nitrogens with zero attached hydrogens (tertiary/aromatic N) is 2. The second kappa shape index (κ2) is 25.3. The molecular formula is C47H84N2O21. The van der Waals surface area contributed by atoms with Gasteiger partial charge in [-0.05, 0) is 74.9 Å². The molecule has 4 heterocycles. The quantitative estimate of drug-likeness (QED) is 0.0441. The lowest BCUT2D eigenvalue weighted by Gasteiger charge is -2.50. The first-order valence-electron chi connectivity index (χ1n) is 24.3. The number of hydrogen-bond donors (Lipinski definition) is 8. The summed E-state index contributed by atoms with van der Waals surface area (Å²) < 4.78 is 60.8. The van der Waals surface area contributed by atoms with Gasteiger partial charge in [0.2, 0.25) is 6.79 Å². The summed E-state index contributed by atoms with van der Waals surface area (Å²) >= 11 is 0. The zero-order valence-corrected chi connectivity index (χ0v) is 43.3. The number of carboxylic acids is 1. The summed E-state index contributed by atoms with van der Waals surface area (Å²) in [6, 6.07) is -0.603. The van der Waals surface area contributed by atoms with E-state index in [1.165, 1.54) is 28.1 Å². The van der Waals surface area contributed by atoms with Gasteiger partial charge >= 0.3 is 11.9 Å². The van der Waals surface area contributed by atoms with E-state index in [0.29, 0.717) is 6.42 Å². The number of aliphatic hydroxyl groups excluding tert-OH is 5. The van der Waals surface area contributed by atoms with Gasteiger partial charge in [-0.15, -0.1) is 0 Å². The van der Waals surface area contributed by atoms with Crippen molar-refractivity contribution < 1.29 is 103 Å². The van der Waals surface area contributed by atoms with Crippen LogP contribution in [0.15, 0.2) is 5.16 Å². The molecule has 23 nitrogen and oxygen atoms in total. The number of ether oxygens (including phenoxy) is 10. The molecule has 4 aliphatic rings. The van der Waals surface area contributed by atoms with Crippen LogP contribution in [-0.4, -0.2) is 227 Å². The zero-order chi connectivity index (χ0) is 52.8. The van der Waals surface area contributed by atoms with Crippen LogP contribution in [0.4, 0.5) is 0 Å². The average Bonchev–Trinajstić information content (AvgIpc) is 3.29. The summed E-state index contributed by atoms with van der Waals surface area (Å²) in [7, 11) is 6.47. The number of methoxy groups -OCH3 is 2. The van der Waals surface area contributed by atoms with Gasteiger partial charge in [0.1, 0.15) is 42.2 Å². The smallest absolute Gasteiger partial charge is 0.335 e. The number of cyclic esters (lactones) is 1. The van der Waals surface area contributed by atoms with Crippen molar-refractivity contribution in [1.82, 2.24) is 4.90 Å². The van der Waals surface area contributed by atoms with Crippen molar-refractivity contribution in [2.75, 3.05) is 48.3 Å². The summed E-state index contributed by atoms with van der Waals surface area (Å²) in [5.74, 6) is -6.45. The van der Waals surface area contributed by atoms with E-state index >= 15 is 0 Å². The summed E-state index contributed by atoms with van der Waals surface area (Å²) in [5, 5.41) is 94.9. The van der Waals surface area contributed by atoms with Crippen LogP contribution in [0.5, 0.6) is 0 Å². The number of carbonyl (C=O) groups excluding carboxylic acids is 1. The second-order valence-electron chi connectivity index (χ2n) is 20.6. The van der Waals surface area contributed by atoms with Gasteiger partial charge in [0.25, 0.3) is 0 Å². The SMILES string of the molecule is CC[C@H]1OC(=O)[C@H](C)[C@@H](O[C@H]2C[C@@](C)(OC)[C@@H](O)[C@H](C)O2)[C@H](C)[C@@H](O[C@@H]2O[C@H](C)C[C@H](N(C)C)[C@H]2OC2OC(C(=O)O)C(O)C(O)C2O)[C@](C)(O)C[C@@H](C)/C(=N\OCOCCOC)[C@H](C)[C@@H](O)[C@]1(C)O. The minimum Gasteiger partial charge on any atom is -0.479 e. The minimum atomic E-state index is -2.06. The van der Waals surface area contributed by atoms with Gasteiger partial charge < -0.3 is 98.0 Å². The summed E-state index contributed by atoms with van der Waals surface area (Å²) in [6.07, 6.45) is -21.3. The number of likely N-dealkylation sites (N-methyl/N-ethyl adjacent to an activating group) is 1. The maximum absolute atomic E-state index is 14.6. The van der Waals surface area contributed by atoms with Crippen LogP contribution in [0.3, 0.4) is 0 Å². The fourth-order valence-electron chi connectivity index (χ4n) is 10.4. The lowest BCUT2D eigenvalue weighted by Crippen LogP contribution is -2.65. The molecule has 5 unspecified atom stereocenters. The highest BCUT2D eigenvalue weighted by Gasteiger charge is 2.55. The lowest BCUT2D eigenvalue weighted by molar-refractivity contribution is -0.359. The van der Waals surface area contributed by atoms with E-state index in [4.69, 9.17) is 52.2 Å². The van der Waals surface area contributed by atoms with E-state index in [-0.39, 0.29) is 45.0 Å². The predicted octanol–water partition coefficient (Wildman–Crippen LogP) is 0.126. The van der Waals surface area contributed by atoms with E-state index in [1.807, 2.05) is 0 Å².